The van der Waals surface area contributed by atoms with Crippen molar-refractivity contribution in [1.82, 2.24) is 14.8 Å². The second-order valence-electron chi connectivity index (χ2n) is 4.18. The zero-order valence-corrected chi connectivity index (χ0v) is 11.7. The van der Waals surface area contributed by atoms with Crippen molar-refractivity contribution in [2.24, 2.45) is 0 Å². The van der Waals surface area contributed by atoms with Crippen LogP contribution in [0.5, 0.6) is 0 Å². The van der Waals surface area contributed by atoms with E-state index in [2.05, 4.69) is 15.4 Å². The van der Waals surface area contributed by atoms with E-state index in [1.165, 1.54) is 19.2 Å². The number of anilines is 1. The normalized spacial score (nSPS) is 11.1. The second-order valence-corrected chi connectivity index (χ2v) is 4.18. The highest BCUT2D eigenvalue weighted by Crippen LogP contribution is 2.30. The number of aryl methyl sites for hydroxylation is 1. The van der Waals surface area contributed by atoms with E-state index in [1.807, 2.05) is 0 Å². The number of pyridine rings is 1. The van der Waals surface area contributed by atoms with Gasteiger partial charge in [0.25, 0.3) is 0 Å². The van der Waals surface area contributed by atoms with Crippen molar-refractivity contribution in [3.8, 4) is 0 Å². The molecule has 1 N–H and O–H groups in total. The number of hydrogen-bond donors (Lipinski definition) is 1. The highest BCUT2D eigenvalue weighted by atomic mass is 35.5. The van der Waals surface area contributed by atoms with Crippen LogP contribution >= 0.6 is 12.4 Å². The summed E-state index contributed by atoms with van der Waals surface area (Å²) in [5, 5.41) is 7.01. The van der Waals surface area contributed by atoms with Gasteiger partial charge in [-0.15, -0.1) is 12.4 Å². The van der Waals surface area contributed by atoms with E-state index in [1.54, 1.807) is 24.1 Å². The lowest BCUT2D eigenvalue weighted by atomic mass is 10.1. The fraction of sp³-hybridized carbons (Fsp3) is 0.333. The number of hydrogen-bond acceptors (Lipinski definition) is 3. The van der Waals surface area contributed by atoms with Crippen LogP contribution in [0.15, 0.2) is 24.7 Å². The average molecular weight is 307 g/mol. The van der Waals surface area contributed by atoms with E-state index in [4.69, 9.17) is 0 Å². The van der Waals surface area contributed by atoms with Crippen molar-refractivity contribution < 1.29 is 13.2 Å². The maximum atomic E-state index is 12.6. The molecule has 0 radical (unpaired) electrons. The van der Waals surface area contributed by atoms with Gasteiger partial charge in [0.05, 0.1) is 18.4 Å². The Hall–Kier alpha value is -1.76. The van der Waals surface area contributed by atoms with Crippen LogP contribution in [-0.4, -0.2) is 21.8 Å². The molecule has 2 aromatic heterocycles. The summed E-state index contributed by atoms with van der Waals surface area (Å²) in [6.45, 7) is 1.79. The topological polar surface area (TPSA) is 42.7 Å². The van der Waals surface area contributed by atoms with Gasteiger partial charge < -0.3 is 5.32 Å². The van der Waals surface area contributed by atoms with E-state index in [0.29, 0.717) is 12.1 Å². The molecule has 0 aromatic carbocycles. The van der Waals surface area contributed by atoms with Gasteiger partial charge >= 0.3 is 6.18 Å². The number of rotatable bonds is 3. The maximum absolute atomic E-state index is 12.6. The Morgan fingerprint density at radius 1 is 1.30 bits per heavy atom. The van der Waals surface area contributed by atoms with Crippen LogP contribution in [0.2, 0.25) is 0 Å². The molecule has 0 fully saturated rings. The Morgan fingerprint density at radius 3 is 2.50 bits per heavy atom. The van der Waals surface area contributed by atoms with Gasteiger partial charge in [0.1, 0.15) is 5.69 Å². The Bertz CT molecular complexity index is 580. The Labute approximate surface area is 120 Å². The summed E-state index contributed by atoms with van der Waals surface area (Å²) in [5.74, 6) is 0. The predicted molar refractivity (Wildman–Crippen MR) is 72.1 cm³/mol. The summed E-state index contributed by atoms with van der Waals surface area (Å²) in [6, 6.07) is 1.48. The maximum Gasteiger partial charge on any atom is 0.433 e. The SMILES string of the molecule is CNc1cnn(Cc2cnc(C(F)(F)F)c(C)c2)c1.Cl. The summed E-state index contributed by atoms with van der Waals surface area (Å²) in [5.41, 5.74) is 0.798. The van der Waals surface area contributed by atoms with Crippen LogP contribution in [0.25, 0.3) is 0 Å². The second kappa shape index (κ2) is 6.13. The third-order valence-corrected chi connectivity index (χ3v) is 2.67. The number of halogens is 4. The first-order chi connectivity index (χ1) is 8.90. The molecule has 0 aliphatic heterocycles. The molecule has 0 saturated heterocycles. The van der Waals surface area contributed by atoms with Crippen molar-refractivity contribution in [2.75, 3.05) is 12.4 Å². The first-order valence-corrected chi connectivity index (χ1v) is 5.63. The molecule has 0 saturated carbocycles. The largest absolute Gasteiger partial charge is 0.433 e. The molecule has 2 heterocycles. The molecule has 0 unspecified atom stereocenters. The Kier molecular flexibility index (Phi) is 4.99. The molecule has 0 bridgehead atoms. The van der Waals surface area contributed by atoms with Crippen molar-refractivity contribution in [3.05, 3.63) is 41.5 Å². The molecule has 20 heavy (non-hydrogen) atoms. The lowest BCUT2D eigenvalue weighted by Crippen LogP contribution is -2.11. The van der Waals surface area contributed by atoms with Crippen LogP contribution in [-0.2, 0) is 12.7 Å². The lowest BCUT2D eigenvalue weighted by molar-refractivity contribution is -0.141. The van der Waals surface area contributed by atoms with Crippen LogP contribution in [0.3, 0.4) is 0 Å². The monoisotopic (exact) mass is 306 g/mol. The van der Waals surface area contributed by atoms with Crippen molar-refractivity contribution in [3.63, 3.8) is 0 Å². The van der Waals surface area contributed by atoms with Gasteiger partial charge in [-0.2, -0.15) is 18.3 Å². The minimum absolute atomic E-state index is 0. The van der Waals surface area contributed by atoms with Gasteiger partial charge in [-0.05, 0) is 18.1 Å². The van der Waals surface area contributed by atoms with E-state index in [0.717, 1.165) is 5.69 Å². The van der Waals surface area contributed by atoms with Crippen LogP contribution in [0.4, 0.5) is 18.9 Å². The van der Waals surface area contributed by atoms with Crippen LogP contribution < -0.4 is 5.32 Å². The van der Waals surface area contributed by atoms with Crippen molar-refractivity contribution in [2.45, 2.75) is 19.6 Å². The van der Waals surface area contributed by atoms with Gasteiger partial charge in [-0.1, -0.05) is 6.07 Å². The van der Waals surface area contributed by atoms with Crippen molar-refractivity contribution >= 4 is 18.1 Å². The molecular weight excluding hydrogens is 293 g/mol. The molecule has 110 valence electrons. The summed E-state index contributed by atoms with van der Waals surface area (Å²) < 4.78 is 39.3. The van der Waals surface area contributed by atoms with E-state index < -0.39 is 11.9 Å². The predicted octanol–water partition coefficient (Wildman–Crippen LogP) is 3.12. The molecule has 4 nitrogen and oxygen atoms in total. The summed E-state index contributed by atoms with van der Waals surface area (Å²) >= 11 is 0. The molecule has 8 heteroatoms. The molecule has 2 rings (SSSR count). The summed E-state index contributed by atoms with van der Waals surface area (Å²) in [4.78, 5) is 3.49. The Morgan fingerprint density at radius 2 is 2.00 bits per heavy atom. The molecular formula is C12H14ClF3N4. The quantitative estimate of drug-likeness (QED) is 0.947. The number of nitrogens with one attached hydrogen (secondary N) is 1. The van der Waals surface area contributed by atoms with Gasteiger partial charge in [0.2, 0.25) is 0 Å². The summed E-state index contributed by atoms with van der Waals surface area (Å²) in [7, 11) is 1.77. The van der Waals surface area contributed by atoms with E-state index in [-0.39, 0.29) is 18.0 Å². The third-order valence-electron chi connectivity index (χ3n) is 2.67. The van der Waals surface area contributed by atoms with Gasteiger partial charge in [0.15, 0.2) is 0 Å². The van der Waals surface area contributed by atoms with Gasteiger partial charge in [0, 0.05) is 19.4 Å². The molecule has 0 atom stereocenters. The first kappa shape index (κ1) is 16.3. The highest BCUT2D eigenvalue weighted by Gasteiger charge is 2.34. The number of aromatic nitrogens is 3. The minimum Gasteiger partial charge on any atom is -0.386 e. The zero-order valence-electron chi connectivity index (χ0n) is 10.9. The molecule has 0 amide bonds. The Balaban J connectivity index is 0.00000200. The first-order valence-electron chi connectivity index (χ1n) is 5.63. The van der Waals surface area contributed by atoms with Gasteiger partial charge in [-0.3, -0.25) is 9.67 Å². The summed E-state index contributed by atoms with van der Waals surface area (Å²) in [6.07, 6.45) is 0.238. The van der Waals surface area contributed by atoms with Crippen LogP contribution in [0.1, 0.15) is 16.8 Å². The smallest absolute Gasteiger partial charge is 0.386 e. The fourth-order valence-electron chi connectivity index (χ4n) is 1.78. The highest BCUT2D eigenvalue weighted by molar-refractivity contribution is 5.85. The average Bonchev–Trinajstić information content (AvgIpc) is 2.75. The fourth-order valence-corrected chi connectivity index (χ4v) is 1.78. The minimum atomic E-state index is -4.41. The molecule has 0 aliphatic carbocycles. The van der Waals surface area contributed by atoms with E-state index in [9.17, 15) is 13.2 Å². The number of alkyl halides is 3. The van der Waals surface area contributed by atoms with Crippen LogP contribution in [0, 0.1) is 6.92 Å². The molecule has 0 spiro atoms. The van der Waals surface area contributed by atoms with Crippen molar-refractivity contribution in [1.29, 1.82) is 0 Å². The number of nitrogens with zero attached hydrogens (tertiary/aromatic N) is 3. The third kappa shape index (κ3) is 3.63. The standard InChI is InChI=1S/C12H13F3N4.ClH/c1-8-3-9(4-17-11(8)12(13,14)15)6-19-7-10(16-2)5-18-19;/h3-5,7,16H,6H2,1-2H3;1H. The zero-order chi connectivity index (χ0) is 14.0. The lowest BCUT2D eigenvalue weighted by Gasteiger charge is -2.10. The molecule has 2 aromatic rings. The molecule has 0 aliphatic rings. The van der Waals surface area contributed by atoms with E-state index >= 15 is 0 Å². The van der Waals surface area contributed by atoms with Gasteiger partial charge in [-0.25, -0.2) is 0 Å².